The quantitative estimate of drug-likeness (QED) is 0.689. The van der Waals surface area contributed by atoms with Crippen LogP contribution in [-0.4, -0.2) is 75.2 Å². The molecule has 0 fully saturated rings. The van der Waals surface area contributed by atoms with Gasteiger partial charge >= 0.3 is 29.6 Å². The van der Waals surface area contributed by atoms with E-state index in [9.17, 15) is 4.79 Å². The number of nitrogens with one attached hydrogen (secondary N) is 2. The van der Waals surface area contributed by atoms with E-state index in [1.165, 1.54) is 0 Å². The summed E-state index contributed by atoms with van der Waals surface area (Å²) < 4.78 is 0. The Morgan fingerprint density at radius 1 is 1.16 bits per heavy atom. The predicted octanol–water partition coefficient (Wildman–Crippen LogP) is 1.24. The molecule has 2 N–H and O–H groups in total. The first kappa shape index (κ1) is 19.0. The second kappa shape index (κ2) is 8.19. The number of amides is 1. The molecule has 8 nitrogen and oxygen atoms in total. The molecule has 124 valence electrons. The molecule has 3 aromatic rings. The van der Waals surface area contributed by atoms with Crippen LogP contribution in [0.2, 0.25) is 0 Å². The molecule has 0 unspecified atom stereocenters. The number of hydrogen-bond acceptors (Lipinski definition) is 6. The van der Waals surface area contributed by atoms with E-state index in [4.69, 9.17) is 0 Å². The summed E-state index contributed by atoms with van der Waals surface area (Å²) in [5.74, 6) is -0.191. The number of benzene rings is 1. The normalized spacial score (nSPS) is 10.0. The molecule has 0 aliphatic rings. The summed E-state index contributed by atoms with van der Waals surface area (Å²) in [6, 6.07) is 11.7. The molecule has 1 amide bonds. The molecule has 0 radical (unpaired) electrons. The Hall–Kier alpha value is -2.29. The number of tetrazole rings is 1. The van der Waals surface area contributed by atoms with Gasteiger partial charge in [-0.2, -0.15) is 0 Å². The molecule has 2 aromatic heterocycles. The summed E-state index contributed by atoms with van der Waals surface area (Å²) in [6.45, 7) is 1.92. The van der Waals surface area contributed by atoms with Gasteiger partial charge in [0, 0.05) is 25.3 Å². The van der Waals surface area contributed by atoms with E-state index in [0.29, 0.717) is 5.69 Å². The van der Waals surface area contributed by atoms with Gasteiger partial charge in [-0.1, -0.05) is 17.2 Å². The predicted molar refractivity (Wildman–Crippen MR) is 98.0 cm³/mol. The zero-order valence-electron chi connectivity index (χ0n) is 13.6. The van der Waals surface area contributed by atoms with E-state index in [2.05, 4.69) is 30.9 Å². The Labute approximate surface area is 167 Å². The van der Waals surface area contributed by atoms with E-state index in [0.717, 1.165) is 22.5 Å². The van der Waals surface area contributed by atoms with Crippen molar-refractivity contribution < 1.29 is 4.79 Å². The monoisotopic (exact) mass is 347 g/mol. The summed E-state index contributed by atoms with van der Waals surface area (Å²) >= 11 is 0. The summed E-state index contributed by atoms with van der Waals surface area (Å²) in [7, 11) is 3.97. The molecule has 0 spiro atoms. The summed E-state index contributed by atoms with van der Waals surface area (Å²) in [6.07, 6.45) is 0. The Balaban J connectivity index is 0.00000225. The van der Waals surface area contributed by atoms with Crippen LogP contribution in [0, 0.1) is 6.92 Å². The molecular formula is C16H18N7NaO. The molecule has 0 aliphatic carbocycles. The van der Waals surface area contributed by atoms with Gasteiger partial charge in [0.05, 0.1) is 5.69 Å². The first-order valence-electron chi connectivity index (χ1n) is 7.34. The number of carbonyl (C=O) groups excluding carboxylic acids is 1. The summed E-state index contributed by atoms with van der Waals surface area (Å²) in [5, 5.41) is 15.5. The first-order chi connectivity index (χ1) is 11.5. The third kappa shape index (κ3) is 4.62. The zero-order valence-corrected chi connectivity index (χ0v) is 13.6. The maximum atomic E-state index is 12.3. The number of aromatic nitrogens is 5. The van der Waals surface area contributed by atoms with Crippen molar-refractivity contribution in [3.63, 3.8) is 0 Å². The molecule has 1 aromatic carbocycles. The molecule has 3 rings (SSSR count). The van der Waals surface area contributed by atoms with Crippen LogP contribution in [-0.2, 0) is 0 Å². The average Bonchev–Trinajstić information content (AvgIpc) is 3.07. The maximum absolute atomic E-state index is 12.3. The van der Waals surface area contributed by atoms with Crippen LogP contribution in [0.1, 0.15) is 16.1 Å². The Bertz CT molecular complexity index is 847. The third-order valence-electron chi connectivity index (χ3n) is 3.46. The van der Waals surface area contributed by atoms with Crippen molar-refractivity contribution in [3.8, 4) is 11.3 Å². The second-order valence-corrected chi connectivity index (χ2v) is 5.56. The average molecular weight is 347 g/mol. The molecule has 2 heterocycles. The topological polar surface area (TPSA) is 99.7 Å². The number of anilines is 2. The van der Waals surface area contributed by atoms with E-state index in [-0.39, 0.29) is 41.4 Å². The third-order valence-corrected chi connectivity index (χ3v) is 3.46. The summed E-state index contributed by atoms with van der Waals surface area (Å²) in [4.78, 5) is 18.8. The van der Waals surface area contributed by atoms with E-state index in [1.54, 1.807) is 6.07 Å². The molecule has 0 aliphatic heterocycles. The van der Waals surface area contributed by atoms with Crippen LogP contribution in [0.5, 0.6) is 0 Å². The van der Waals surface area contributed by atoms with Crippen molar-refractivity contribution in [1.82, 2.24) is 25.6 Å². The fourth-order valence-corrected chi connectivity index (χ4v) is 2.25. The van der Waals surface area contributed by atoms with Gasteiger partial charge in [0.25, 0.3) is 5.91 Å². The van der Waals surface area contributed by atoms with Gasteiger partial charge in [-0.25, -0.2) is 10.1 Å². The Kier molecular flexibility index (Phi) is 6.24. The number of nitrogens with zero attached hydrogens (tertiary/aromatic N) is 5. The minimum absolute atomic E-state index is 0. The molecule has 9 heteroatoms. The number of aromatic amines is 1. The molecule has 0 saturated heterocycles. The number of pyridine rings is 1. The van der Waals surface area contributed by atoms with Crippen molar-refractivity contribution in [3.05, 3.63) is 47.7 Å². The van der Waals surface area contributed by atoms with E-state index < -0.39 is 0 Å². The molecule has 0 saturated carbocycles. The van der Waals surface area contributed by atoms with Crippen LogP contribution < -0.4 is 10.2 Å². The van der Waals surface area contributed by atoms with Gasteiger partial charge in [0.2, 0.25) is 5.95 Å². The molecule has 0 atom stereocenters. The van der Waals surface area contributed by atoms with Crippen molar-refractivity contribution in [1.29, 1.82) is 0 Å². The summed E-state index contributed by atoms with van der Waals surface area (Å²) in [5.41, 5.74) is 4.03. The van der Waals surface area contributed by atoms with Crippen molar-refractivity contribution in [2.24, 2.45) is 0 Å². The number of hydrogen-bond donors (Lipinski definition) is 2. The standard InChI is InChI=1S/C16H17N7O.Na.H/c1-10-8-13(11-4-6-12(7-5-11)23(2)3)17-14(9-10)15(24)18-16-19-21-22-20-16;;/h4-9H,1-3H3,(H2,18,19,20,21,22,24);;. The first-order valence-corrected chi connectivity index (χ1v) is 7.34. The molecular weight excluding hydrogens is 329 g/mol. The van der Waals surface area contributed by atoms with Gasteiger partial charge in [-0.3, -0.25) is 10.1 Å². The Morgan fingerprint density at radius 2 is 1.88 bits per heavy atom. The SMILES string of the molecule is Cc1cc(C(=O)Nc2nnn[nH]2)nc(-c2ccc(N(C)C)cc2)c1.[NaH]. The van der Waals surface area contributed by atoms with Gasteiger partial charge < -0.3 is 4.90 Å². The number of aryl methyl sites for hydroxylation is 1. The van der Waals surface area contributed by atoms with Crippen LogP contribution >= 0.6 is 0 Å². The van der Waals surface area contributed by atoms with Gasteiger partial charge in [-0.05, 0) is 47.2 Å². The fraction of sp³-hybridized carbons (Fsp3) is 0.188. The van der Waals surface area contributed by atoms with Crippen molar-refractivity contribution in [2.45, 2.75) is 6.92 Å². The molecule has 25 heavy (non-hydrogen) atoms. The van der Waals surface area contributed by atoms with Crippen molar-refractivity contribution >= 4 is 47.1 Å². The fourth-order valence-electron chi connectivity index (χ4n) is 2.25. The zero-order chi connectivity index (χ0) is 17.1. The van der Waals surface area contributed by atoms with E-state index in [1.807, 2.05) is 56.3 Å². The number of carbonyl (C=O) groups is 1. The van der Waals surface area contributed by atoms with Crippen LogP contribution in [0.3, 0.4) is 0 Å². The van der Waals surface area contributed by atoms with Crippen molar-refractivity contribution in [2.75, 3.05) is 24.3 Å². The van der Waals surface area contributed by atoms with Gasteiger partial charge in [0.1, 0.15) is 5.69 Å². The molecule has 0 bridgehead atoms. The second-order valence-electron chi connectivity index (χ2n) is 5.56. The minimum atomic E-state index is -0.372. The number of H-pyrrole nitrogens is 1. The van der Waals surface area contributed by atoms with Crippen LogP contribution in [0.4, 0.5) is 11.6 Å². The van der Waals surface area contributed by atoms with E-state index >= 15 is 0 Å². The van der Waals surface area contributed by atoms with Gasteiger partial charge in [0.15, 0.2) is 0 Å². The van der Waals surface area contributed by atoms with Gasteiger partial charge in [-0.15, -0.1) is 0 Å². The van der Waals surface area contributed by atoms with Crippen LogP contribution in [0.15, 0.2) is 36.4 Å². The number of rotatable bonds is 4. The Morgan fingerprint density at radius 3 is 2.48 bits per heavy atom. The van der Waals surface area contributed by atoms with Crippen LogP contribution in [0.25, 0.3) is 11.3 Å².